The lowest BCUT2D eigenvalue weighted by atomic mass is 10.3. The minimum atomic E-state index is -0.526. The summed E-state index contributed by atoms with van der Waals surface area (Å²) in [7, 11) is 2.58. The van der Waals surface area contributed by atoms with Gasteiger partial charge < -0.3 is 14.8 Å². The fourth-order valence-corrected chi connectivity index (χ4v) is 1.00. The number of aromatic nitrogens is 1. The van der Waals surface area contributed by atoms with Crippen molar-refractivity contribution in [2.75, 3.05) is 26.1 Å². The van der Waals surface area contributed by atoms with E-state index < -0.39 is 11.9 Å². The molecule has 0 saturated heterocycles. The van der Waals surface area contributed by atoms with E-state index in [1.807, 2.05) is 0 Å². The third kappa shape index (κ3) is 3.23. The Bertz CT molecular complexity index is 392. The van der Waals surface area contributed by atoms with Crippen LogP contribution in [0.5, 0.6) is 0 Å². The lowest BCUT2D eigenvalue weighted by Crippen LogP contribution is -2.15. The molecule has 86 valence electrons. The maximum atomic E-state index is 11.2. The van der Waals surface area contributed by atoms with Crippen LogP contribution in [0.1, 0.15) is 10.5 Å². The molecule has 0 radical (unpaired) electrons. The van der Waals surface area contributed by atoms with E-state index in [-0.39, 0.29) is 12.2 Å². The second kappa shape index (κ2) is 5.69. The Hall–Kier alpha value is -2.11. The second-order valence-corrected chi connectivity index (χ2v) is 2.85. The predicted octanol–water partition coefficient (Wildman–Crippen LogP) is 0.453. The summed E-state index contributed by atoms with van der Waals surface area (Å²) >= 11 is 0. The lowest BCUT2D eigenvalue weighted by molar-refractivity contribution is -0.138. The molecular formula is C10H12N2O4. The molecule has 0 aliphatic heterocycles. The fourth-order valence-electron chi connectivity index (χ4n) is 1.00. The number of carbonyl (C=O) groups excluding carboxylic acids is 2. The van der Waals surface area contributed by atoms with E-state index in [1.165, 1.54) is 26.5 Å². The van der Waals surface area contributed by atoms with Crippen molar-refractivity contribution in [3.05, 3.63) is 24.0 Å². The lowest BCUT2D eigenvalue weighted by Gasteiger charge is -2.05. The van der Waals surface area contributed by atoms with Gasteiger partial charge in [0, 0.05) is 11.9 Å². The van der Waals surface area contributed by atoms with Crippen LogP contribution in [0.2, 0.25) is 0 Å². The molecule has 0 fully saturated rings. The van der Waals surface area contributed by atoms with Crippen LogP contribution in [0.4, 0.5) is 5.69 Å². The van der Waals surface area contributed by atoms with Gasteiger partial charge in [-0.15, -0.1) is 0 Å². The number of hydrogen-bond donors (Lipinski definition) is 1. The topological polar surface area (TPSA) is 77.5 Å². The van der Waals surface area contributed by atoms with Crippen LogP contribution < -0.4 is 5.32 Å². The molecule has 1 aromatic heterocycles. The SMILES string of the molecule is COC(=O)CNc1ccnc(C(=O)OC)c1. The van der Waals surface area contributed by atoms with E-state index in [9.17, 15) is 9.59 Å². The summed E-state index contributed by atoms with van der Waals surface area (Å²) in [5.74, 6) is -0.918. The van der Waals surface area contributed by atoms with Gasteiger partial charge >= 0.3 is 11.9 Å². The summed E-state index contributed by atoms with van der Waals surface area (Å²) in [6, 6.07) is 3.13. The zero-order chi connectivity index (χ0) is 12.0. The summed E-state index contributed by atoms with van der Waals surface area (Å²) in [4.78, 5) is 25.9. The van der Waals surface area contributed by atoms with E-state index in [4.69, 9.17) is 0 Å². The van der Waals surface area contributed by atoms with Gasteiger partial charge in [-0.05, 0) is 12.1 Å². The standard InChI is InChI=1S/C10H12N2O4/c1-15-9(13)6-12-7-3-4-11-8(5-7)10(14)16-2/h3-5H,6H2,1-2H3,(H,11,12). The molecule has 1 rings (SSSR count). The molecule has 0 aromatic carbocycles. The third-order valence-electron chi connectivity index (χ3n) is 1.82. The summed E-state index contributed by atoms with van der Waals surface area (Å²) < 4.78 is 8.98. The number of hydrogen-bond acceptors (Lipinski definition) is 6. The summed E-state index contributed by atoms with van der Waals surface area (Å²) in [6.45, 7) is 0.0289. The molecule has 0 atom stereocenters. The number of anilines is 1. The number of nitrogens with one attached hydrogen (secondary N) is 1. The van der Waals surface area contributed by atoms with Crippen molar-refractivity contribution in [1.29, 1.82) is 0 Å². The van der Waals surface area contributed by atoms with E-state index in [0.717, 1.165) is 0 Å². The van der Waals surface area contributed by atoms with E-state index in [2.05, 4.69) is 19.8 Å². The number of methoxy groups -OCH3 is 2. The van der Waals surface area contributed by atoms with Crippen molar-refractivity contribution in [2.45, 2.75) is 0 Å². The van der Waals surface area contributed by atoms with E-state index in [0.29, 0.717) is 5.69 Å². The zero-order valence-corrected chi connectivity index (χ0v) is 9.02. The first kappa shape index (κ1) is 12.0. The van der Waals surface area contributed by atoms with Gasteiger partial charge in [0.2, 0.25) is 0 Å². The van der Waals surface area contributed by atoms with Gasteiger partial charge in [0.15, 0.2) is 0 Å². The molecule has 1 N–H and O–H groups in total. The molecule has 16 heavy (non-hydrogen) atoms. The second-order valence-electron chi connectivity index (χ2n) is 2.85. The van der Waals surface area contributed by atoms with Gasteiger partial charge in [0.1, 0.15) is 12.2 Å². The van der Waals surface area contributed by atoms with Crippen LogP contribution in [-0.4, -0.2) is 37.7 Å². The number of ether oxygens (including phenoxy) is 2. The van der Waals surface area contributed by atoms with Gasteiger partial charge in [0.25, 0.3) is 0 Å². The minimum Gasteiger partial charge on any atom is -0.468 e. The average Bonchev–Trinajstić information content (AvgIpc) is 2.35. The Balaban J connectivity index is 2.67. The normalized spacial score (nSPS) is 9.38. The van der Waals surface area contributed by atoms with Crippen LogP contribution in [0, 0.1) is 0 Å². The Morgan fingerprint density at radius 3 is 2.75 bits per heavy atom. The summed E-state index contributed by atoms with van der Waals surface area (Å²) in [5, 5.41) is 2.79. The maximum Gasteiger partial charge on any atom is 0.356 e. The van der Waals surface area contributed by atoms with Crippen molar-refractivity contribution >= 4 is 17.6 Å². The average molecular weight is 224 g/mol. The molecule has 1 heterocycles. The Kier molecular flexibility index (Phi) is 4.26. The number of nitrogens with zero attached hydrogens (tertiary/aromatic N) is 1. The Morgan fingerprint density at radius 1 is 1.38 bits per heavy atom. The Labute approximate surface area is 92.6 Å². The van der Waals surface area contributed by atoms with Crippen molar-refractivity contribution in [3.8, 4) is 0 Å². The molecule has 1 aromatic rings. The molecule has 0 amide bonds. The minimum absolute atomic E-state index is 0.0289. The molecule has 6 heteroatoms. The van der Waals surface area contributed by atoms with Crippen LogP contribution in [0.25, 0.3) is 0 Å². The first-order valence-electron chi connectivity index (χ1n) is 4.52. The maximum absolute atomic E-state index is 11.2. The highest BCUT2D eigenvalue weighted by atomic mass is 16.5. The Morgan fingerprint density at radius 2 is 2.12 bits per heavy atom. The van der Waals surface area contributed by atoms with Crippen LogP contribution in [0.15, 0.2) is 18.3 Å². The monoisotopic (exact) mass is 224 g/mol. The number of rotatable bonds is 4. The van der Waals surface area contributed by atoms with Crippen LogP contribution >= 0.6 is 0 Å². The highest BCUT2D eigenvalue weighted by Crippen LogP contribution is 2.08. The highest BCUT2D eigenvalue weighted by molar-refractivity contribution is 5.88. The van der Waals surface area contributed by atoms with Crippen molar-refractivity contribution in [1.82, 2.24) is 4.98 Å². The molecule has 0 aliphatic rings. The molecule has 6 nitrogen and oxygen atoms in total. The molecule has 0 unspecified atom stereocenters. The fraction of sp³-hybridized carbons (Fsp3) is 0.300. The molecule has 0 aliphatic carbocycles. The molecule has 0 bridgehead atoms. The number of carbonyl (C=O) groups is 2. The third-order valence-corrected chi connectivity index (χ3v) is 1.82. The van der Waals surface area contributed by atoms with E-state index in [1.54, 1.807) is 6.07 Å². The van der Waals surface area contributed by atoms with E-state index >= 15 is 0 Å². The van der Waals surface area contributed by atoms with Crippen LogP contribution in [0.3, 0.4) is 0 Å². The number of pyridine rings is 1. The van der Waals surface area contributed by atoms with Gasteiger partial charge in [-0.1, -0.05) is 0 Å². The summed E-state index contributed by atoms with van der Waals surface area (Å²) in [6.07, 6.45) is 1.45. The molecule has 0 spiro atoms. The van der Waals surface area contributed by atoms with Crippen molar-refractivity contribution in [2.24, 2.45) is 0 Å². The highest BCUT2D eigenvalue weighted by Gasteiger charge is 2.07. The predicted molar refractivity (Wildman–Crippen MR) is 56.1 cm³/mol. The van der Waals surface area contributed by atoms with Gasteiger partial charge in [-0.3, -0.25) is 4.79 Å². The first-order chi connectivity index (χ1) is 7.67. The van der Waals surface area contributed by atoms with Gasteiger partial charge in [-0.2, -0.15) is 0 Å². The smallest absolute Gasteiger partial charge is 0.356 e. The van der Waals surface area contributed by atoms with Gasteiger partial charge in [-0.25, -0.2) is 9.78 Å². The quantitative estimate of drug-likeness (QED) is 0.748. The zero-order valence-electron chi connectivity index (χ0n) is 9.02. The van der Waals surface area contributed by atoms with Gasteiger partial charge in [0.05, 0.1) is 14.2 Å². The molecule has 0 saturated carbocycles. The molecular weight excluding hydrogens is 212 g/mol. The van der Waals surface area contributed by atoms with Crippen LogP contribution in [-0.2, 0) is 14.3 Å². The first-order valence-corrected chi connectivity index (χ1v) is 4.52. The number of esters is 2. The summed E-state index contributed by atoms with van der Waals surface area (Å²) in [5.41, 5.74) is 0.776. The van der Waals surface area contributed by atoms with Crippen molar-refractivity contribution in [3.63, 3.8) is 0 Å². The largest absolute Gasteiger partial charge is 0.468 e. The van der Waals surface area contributed by atoms with Crippen molar-refractivity contribution < 1.29 is 19.1 Å².